The molecular formula is C16H27N3. The lowest BCUT2D eigenvalue weighted by atomic mass is 9.86. The van der Waals surface area contributed by atoms with Crippen LogP contribution in [0.5, 0.6) is 0 Å². The van der Waals surface area contributed by atoms with Crippen molar-refractivity contribution in [2.24, 2.45) is 5.92 Å². The molecule has 0 aromatic carbocycles. The molecule has 0 amide bonds. The molecule has 0 aliphatic heterocycles. The van der Waals surface area contributed by atoms with E-state index in [0.29, 0.717) is 12.0 Å². The van der Waals surface area contributed by atoms with Crippen molar-refractivity contribution in [1.82, 2.24) is 9.55 Å². The van der Waals surface area contributed by atoms with E-state index in [9.17, 15) is 0 Å². The van der Waals surface area contributed by atoms with Crippen LogP contribution >= 0.6 is 0 Å². The Morgan fingerprint density at radius 1 is 1.16 bits per heavy atom. The summed E-state index contributed by atoms with van der Waals surface area (Å²) >= 11 is 0. The zero-order valence-corrected chi connectivity index (χ0v) is 12.4. The van der Waals surface area contributed by atoms with Gasteiger partial charge >= 0.3 is 0 Å². The molecule has 0 atom stereocenters. The zero-order chi connectivity index (χ0) is 13.4. The van der Waals surface area contributed by atoms with Crippen LogP contribution in [0.15, 0.2) is 0 Å². The van der Waals surface area contributed by atoms with Crippen LogP contribution in [-0.4, -0.2) is 9.55 Å². The van der Waals surface area contributed by atoms with E-state index in [1.807, 2.05) is 0 Å². The molecule has 3 rings (SSSR count). The molecule has 2 N–H and O–H groups in total. The largest absolute Gasteiger partial charge is 0.384 e. The minimum Gasteiger partial charge on any atom is -0.384 e. The molecule has 2 aliphatic rings. The standard InChI is InChI=1S/C16H27N3/c1-11(2)19-15(17)14(18-16(19)13-8-9-13)10-12-6-4-3-5-7-12/h11-13H,3-10,17H2,1-2H3. The van der Waals surface area contributed by atoms with Crippen molar-refractivity contribution in [1.29, 1.82) is 0 Å². The number of aromatic nitrogens is 2. The van der Waals surface area contributed by atoms with Crippen molar-refractivity contribution in [3.8, 4) is 0 Å². The first-order valence-electron chi connectivity index (χ1n) is 8.03. The number of anilines is 1. The third-order valence-electron chi connectivity index (χ3n) is 4.72. The Kier molecular flexibility index (Phi) is 3.55. The Morgan fingerprint density at radius 2 is 1.84 bits per heavy atom. The van der Waals surface area contributed by atoms with Gasteiger partial charge < -0.3 is 10.3 Å². The molecule has 1 aromatic heterocycles. The minimum atomic E-state index is 0.434. The first-order chi connectivity index (χ1) is 9.16. The van der Waals surface area contributed by atoms with Crippen LogP contribution in [0.1, 0.15) is 82.3 Å². The van der Waals surface area contributed by atoms with Crippen LogP contribution in [0, 0.1) is 5.92 Å². The van der Waals surface area contributed by atoms with Gasteiger partial charge in [0, 0.05) is 12.0 Å². The highest BCUT2D eigenvalue weighted by atomic mass is 15.2. The maximum atomic E-state index is 6.39. The number of rotatable bonds is 4. The average Bonchev–Trinajstić information content (AvgIpc) is 3.17. The second-order valence-electron chi connectivity index (χ2n) is 6.75. The third kappa shape index (κ3) is 2.65. The van der Waals surface area contributed by atoms with Gasteiger partial charge in [-0.15, -0.1) is 0 Å². The van der Waals surface area contributed by atoms with E-state index >= 15 is 0 Å². The van der Waals surface area contributed by atoms with E-state index < -0.39 is 0 Å². The van der Waals surface area contributed by atoms with Crippen LogP contribution in [0.25, 0.3) is 0 Å². The number of nitrogen functional groups attached to an aromatic ring is 1. The SMILES string of the molecule is CC(C)n1c(C2CC2)nc(CC2CCCCC2)c1N. The Balaban J connectivity index is 1.82. The molecule has 2 saturated carbocycles. The highest BCUT2D eigenvalue weighted by molar-refractivity contribution is 5.40. The van der Waals surface area contributed by atoms with Crippen LogP contribution < -0.4 is 5.73 Å². The van der Waals surface area contributed by atoms with Crippen LogP contribution in [0.2, 0.25) is 0 Å². The molecule has 1 aromatic rings. The molecule has 0 bridgehead atoms. The molecule has 0 spiro atoms. The van der Waals surface area contributed by atoms with E-state index in [0.717, 1.165) is 18.2 Å². The second kappa shape index (κ2) is 5.18. The van der Waals surface area contributed by atoms with Gasteiger partial charge in [-0.25, -0.2) is 4.98 Å². The van der Waals surface area contributed by atoms with Gasteiger partial charge in [-0.05, 0) is 39.0 Å². The summed E-state index contributed by atoms with van der Waals surface area (Å²) in [6.07, 6.45) is 10.6. The molecule has 2 fully saturated rings. The Morgan fingerprint density at radius 3 is 2.42 bits per heavy atom. The van der Waals surface area contributed by atoms with Gasteiger partial charge in [0.1, 0.15) is 11.6 Å². The van der Waals surface area contributed by atoms with Gasteiger partial charge in [-0.1, -0.05) is 32.1 Å². The first-order valence-corrected chi connectivity index (χ1v) is 8.03. The summed E-state index contributed by atoms with van der Waals surface area (Å²) in [5.74, 6) is 3.71. The lowest BCUT2D eigenvalue weighted by molar-refractivity contribution is 0.355. The van der Waals surface area contributed by atoms with E-state index in [1.54, 1.807) is 0 Å². The van der Waals surface area contributed by atoms with Gasteiger partial charge in [0.05, 0.1) is 5.69 Å². The highest BCUT2D eigenvalue weighted by Crippen LogP contribution is 2.42. The molecule has 106 valence electrons. The van der Waals surface area contributed by atoms with E-state index in [4.69, 9.17) is 10.7 Å². The predicted molar refractivity (Wildman–Crippen MR) is 79.3 cm³/mol. The summed E-state index contributed by atoms with van der Waals surface area (Å²) in [6, 6.07) is 0.434. The maximum Gasteiger partial charge on any atom is 0.127 e. The molecule has 1 heterocycles. The summed E-state index contributed by atoms with van der Waals surface area (Å²) in [5, 5.41) is 0. The second-order valence-corrected chi connectivity index (χ2v) is 6.75. The zero-order valence-electron chi connectivity index (χ0n) is 12.4. The summed E-state index contributed by atoms with van der Waals surface area (Å²) in [7, 11) is 0. The van der Waals surface area contributed by atoms with Crippen LogP contribution in [0.3, 0.4) is 0 Å². The van der Waals surface area contributed by atoms with Gasteiger partial charge in [-0.2, -0.15) is 0 Å². The molecule has 0 radical (unpaired) electrons. The number of hydrogen-bond acceptors (Lipinski definition) is 2. The first kappa shape index (κ1) is 13.0. The topological polar surface area (TPSA) is 43.8 Å². The Hall–Kier alpha value is -0.990. The molecule has 3 nitrogen and oxygen atoms in total. The van der Waals surface area contributed by atoms with Gasteiger partial charge in [0.15, 0.2) is 0 Å². The van der Waals surface area contributed by atoms with Crippen molar-refractivity contribution in [3.05, 3.63) is 11.5 Å². The van der Waals surface area contributed by atoms with Crippen LogP contribution in [-0.2, 0) is 6.42 Å². The summed E-state index contributed by atoms with van der Waals surface area (Å²) in [6.45, 7) is 4.43. The predicted octanol–water partition coefficient (Wildman–Crippen LogP) is 4.05. The monoisotopic (exact) mass is 261 g/mol. The third-order valence-corrected chi connectivity index (χ3v) is 4.72. The number of imidazole rings is 1. The average molecular weight is 261 g/mol. The molecule has 0 unspecified atom stereocenters. The smallest absolute Gasteiger partial charge is 0.127 e. The minimum absolute atomic E-state index is 0.434. The van der Waals surface area contributed by atoms with E-state index in [1.165, 1.54) is 56.5 Å². The molecule has 19 heavy (non-hydrogen) atoms. The lowest BCUT2D eigenvalue weighted by Gasteiger charge is -2.20. The fourth-order valence-corrected chi connectivity index (χ4v) is 3.50. The van der Waals surface area contributed by atoms with Crippen LogP contribution in [0.4, 0.5) is 5.82 Å². The summed E-state index contributed by atoms with van der Waals surface area (Å²) in [4.78, 5) is 4.93. The number of nitrogens with two attached hydrogens (primary N) is 1. The van der Waals surface area contributed by atoms with Gasteiger partial charge in [0.2, 0.25) is 0 Å². The molecular weight excluding hydrogens is 234 g/mol. The fraction of sp³-hybridized carbons (Fsp3) is 0.812. The normalized spacial score (nSPS) is 21.2. The quantitative estimate of drug-likeness (QED) is 0.888. The highest BCUT2D eigenvalue weighted by Gasteiger charge is 2.32. The lowest BCUT2D eigenvalue weighted by Crippen LogP contribution is -2.12. The van der Waals surface area contributed by atoms with Crippen molar-refractivity contribution in [2.75, 3.05) is 5.73 Å². The summed E-state index contributed by atoms with van der Waals surface area (Å²) in [5.41, 5.74) is 7.57. The van der Waals surface area contributed by atoms with Gasteiger partial charge in [0.25, 0.3) is 0 Å². The number of hydrogen-bond donors (Lipinski definition) is 1. The van der Waals surface area contributed by atoms with Crippen molar-refractivity contribution < 1.29 is 0 Å². The summed E-state index contributed by atoms with van der Waals surface area (Å²) < 4.78 is 2.29. The van der Waals surface area contributed by atoms with E-state index in [-0.39, 0.29) is 0 Å². The van der Waals surface area contributed by atoms with Gasteiger partial charge in [-0.3, -0.25) is 0 Å². The van der Waals surface area contributed by atoms with E-state index in [2.05, 4.69) is 18.4 Å². The Labute approximate surface area is 116 Å². The van der Waals surface area contributed by atoms with Crippen molar-refractivity contribution >= 4 is 5.82 Å². The fourth-order valence-electron chi connectivity index (χ4n) is 3.50. The molecule has 3 heteroatoms. The number of nitrogens with zero attached hydrogens (tertiary/aromatic N) is 2. The molecule has 2 aliphatic carbocycles. The Bertz CT molecular complexity index is 437. The van der Waals surface area contributed by atoms with Crippen molar-refractivity contribution in [3.63, 3.8) is 0 Å². The molecule has 0 saturated heterocycles. The van der Waals surface area contributed by atoms with Crippen molar-refractivity contribution in [2.45, 2.75) is 77.2 Å². The maximum absolute atomic E-state index is 6.39.